The van der Waals surface area contributed by atoms with E-state index in [0.29, 0.717) is 37.0 Å². The summed E-state index contributed by atoms with van der Waals surface area (Å²) >= 11 is 6.50. The first kappa shape index (κ1) is 47.8. The largest absolute Gasteiger partial charge is 0.491 e. The lowest BCUT2D eigenvalue weighted by atomic mass is 9.87. The van der Waals surface area contributed by atoms with Gasteiger partial charge in [-0.2, -0.15) is 0 Å². The maximum Gasteiger partial charge on any atom is 0.351 e. The topological polar surface area (TPSA) is 44.8 Å². The quantitative estimate of drug-likeness (QED) is 0.0579. The fourth-order valence-electron chi connectivity index (χ4n) is 7.73. The molecular weight excluding hydrogens is 812 g/mol. The van der Waals surface area contributed by atoms with Gasteiger partial charge in [-0.25, -0.2) is 9.18 Å². The van der Waals surface area contributed by atoms with E-state index in [1.54, 1.807) is 22.7 Å². The van der Waals surface area contributed by atoms with Crippen LogP contribution in [0.3, 0.4) is 0 Å². The molecule has 0 saturated carbocycles. The second-order valence-electron chi connectivity index (χ2n) is 18.5. The van der Waals surface area contributed by atoms with Gasteiger partial charge in [0.05, 0.1) is 38.8 Å². The average Bonchev–Trinajstić information content (AvgIpc) is 4.01. The molecule has 0 unspecified atom stereocenters. The van der Waals surface area contributed by atoms with Crippen molar-refractivity contribution in [2.75, 3.05) is 19.8 Å². The molecular formula is C50H73FO4S4. The molecule has 59 heavy (non-hydrogen) atoms. The van der Waals surface area contributed by atoms with Crippen LogP contribution in [-0.4, -0.2) is 25.8 Å². The lowest BCUT2D eigenvalue weighted by Gasteiger charge is -2.21. The number of carbonyl (C=O) groups excluding carboxylic acids is 1. The second-order valence-corrected chi connectivity index (χ2v) is 22.7. The van der Waals surface area contributed by atoms with Crippen molar-refractivity contribution in [2.24, 2.45) is 17.8 Å². The number of benzene rings is 1. The van der Waals surface area contributed by atoms with Gasteiger partial charge in [-0.15, -0.1) is 45.3 Å². The van der Waals surface area contributed by atoms with Gasteiger partial charge in [0.15, 0.2) is 5.82 Å². The van der Waals surface area contributed by atoms with E-state index in [2.05, 4.69) is 95.2 Å². The summed E-state index contributed by atoms with van der Waals surface area (Å²) in [7, 11) is 0. The molecule has 0 spiro atoms. The van der Waals surface area contributed by atoms with Crippen LogP contribution in [0.1, 0.15) is 186 Å². The minimum Gasteiger partial charge on any atom is -0.491 e. The molecule has 4 aromatic heterocycles. The predicted octanol–water partition coefficient (Wildman–Crippen LogP) is 17.7. The highest BCUT2D eigenvalue weighted by Gasteiger charge is 2.34. The highest BCUT2D eigenvalue weighted by atomic mass is 32.1. The third kappa shape index (κ3) is 10.9. The van der Waals surface area contributed by atoms with Crippen LogP contribution in [0.25, 0.3) is 40.0 Å². The first-order chi connectivity index (χ1) is 28.2. The van der Waals surface area contributed by atoms with Crippen molar-refractivity contribution in [1.29, 1.82) is 0 Å². The maximum atomic E-state index is 16.8. The molecule has 9 heteroatoms. The summed E-state index contributed by atoms with van der Waals surface area (Å²) in [5, 5.41) is 2.77. The molecule has 0 aliphatic heterocycles. The molecule has 0 bridgehead atoms. The van der Waals surface area contributed by atoms with E-state index in [9.17, 15) is 4.79 Å². The summed E-state index contributed by atoms with van der Waals surface area (Å²) in [5.74, 6) is 2.13. The molecule has 1 aromatic carbocycles. The van der Waals surface area contributed by atoms with Crippen molar-refractivity contribution in [1.82, 2.24) is 0 Å². The molecule has 0 saturated heterocycles. The van der Waals surface area contributed by atoms with Gasteiger partial charge in [0.25, 0.3) is 0 Å². The molecule has 0 aliphatic carbocycles. The van der Waals surface area contributed by atoms with Gasteiger partial charge in [0, 0.05) is 30.8 Å². The Morgan fingerprint density at radius 3 is 1.66 bits per heavy atom. The number of carbonyl (C=O) groups is 1. The summed E-state index contributed by atoms with van der Waals surface area (Å²) in [5.41, 5.74) is -0.318. The molecule has 0 N–H and O–H groups in total. The fourth-order valence-corrected chi connectivity index (χ4v) is 13.0. The van der Waals surface area contributed by atoms with Gasteiger partial charge in [-0.05, 0) is 66.4 Å². The van der Waals surface area contributed by atoms with Crippen LogP contribution in [0.5, 0.6) is 11.5 Å². The molecule has 5 aromatic rings. The van der Waals surface area contributed by atoms with Crippen molar-refractivity contribution >= 4 is 81.6 Å². The summed E-state index contributed by atoms with van der Waals surface area (Å²) in [6, 6.07) is 4.63. The third-order valence-corrected chi connectivity index (χ3v) is 18.2. The Hall–Kier alpha value is -2.20. The van der Waals surface area contributed by atoms with Crippen LogP contribution in [0.4, 0.5) is 4.39 Å². The highest BCUT2D eigenvalue weighted by molar-refractivity contribution is 7.31. The standard InChI is InChI=1S/C50H73FO4S4/c1-13-20-23-31(16-4)28-53-40-34-26-36(56-42(34)41(54-29-32(17-5)24-21-14-2)35-27-37(49(8,9)10)57-43(35)40)44-45-38(47(59-44)50(11,12)19-7)39(51)46(58-45)48(52)55-30-33(18-6)25-22-15-3/h26-27,31-33H,13-25,28-30H2,1-12H3/t31-,32-,33-/m1/s1. The van der Waals surface area contributed by atoms with Crippen LogP contribution in [-0.2, 0) is 15.6 Å². The molecule has 0 amide bonds. The number of halogens is 1. The summed E-state index contributed by atoms with van der Waals surface area (Å²) in [6.45, 7) is 28.4. The highest BCUT2D eigenvalue weighted by Crippen LogP contribution is 2.56. The van der Waals surface area contributed by atoms with E-state index in [-0.39, 0.29) is 21.6 Å². The Morgan fingerprint density at radius 1 is 0.661 bits per heavy atom. The van der Waals surface area contributed by atoms with Crippen molar-refractivity contribution in [2.45, 2.75) is 177 Å². The Kier molecular flexibility index (Phi) is 17.2. The van der Waals surface area contributed by atoms with Crippen molar-refractivity contribution in [3.8, 4) is 21.3 Å². The number of hydrogen-bond donors (Lipinski definition) is 0. The van der Waals surface area contributed by atoms with E-state index in [4.69, 9.17) is 14.2 Å². The van der Waals surface area contributed by atoms with Crippen LogP contribution in [0.2, 0.25) is 0 Å². The van der Waals surface area contributed by atoms with E-state index >= 15 is 4.39 Å². The zero-order chi connectivity index (χ0) is 43.1. The van der Waals surface area contributed by atoms with Gasteiger partial charge in [0.1, 0.15) is 16.4 Å². The number of hydrogen-bond acceptors (Lipinski definition) is 8. The van der Waals surface area contributed by atoms with E-state index in [1.807, 2.05) is 11.3 Å². The molecule has 0 fully saturated rings. The molecule has 4 nitrogen and oxygen atoms in total. The Bertz CT molecular complexity index is 2050. The number of unbranched alkanes of at least 4 members (excludes halogenated alkanes) is 3. The van der Waals surface area contributed by atoms with E-state index in [1.165, 1.54) is 41.9 Å². The molecule has 0 radical (unpaired) electrons. The zero-order valence-corrected chi connectivity index (χ0v) is 41.6. The average molecular weight is 885 g/mol. The van der Waals surface area contributed by atoms with E-state index in [0.717, 1.165) is 109 Å². The van der Waals surface area contributed by atoms with Gasteiger partial charge in [0.2, 0.25) is 0 Å². The number of rotatable bonds is 24. The lowest BCUT2D eigenvalue weighted by molar-refractivity contribution is 0.0429. The fraction of sp³-hybridized carbons (Fsp3) is 0.660. The minimum absolute atomic E-state index is 0.0307. The van der Waals surface area contributed by atoms with Crippen molar-refractivity contribution in [3.05, 3.63) is 32.6 Å². The van der Waals surface area contributed by atoms with Gasteiger partial charge >= 0.3 is 5.97 Å². The molecule has 5 rings (SSSR count). The Morgan fingerprint density at radius 2 is 1.17 bits per heavy atom. The molecule has 3 atom stereocenters. The number of ether oxygens (including phenoxy) is 3. The first-order valence-electron chi connectivity index (χ1n) is 22.9. The SMILES string of the molecule is CCCC[C@@H](CC)COC(=O)c1sc2c(-c3cc4c(OC[C@H](CC)CCCC)c5sc(C(C)(C)C)cc5c(OC[C@H](CC)CCCC)c4s3)sc(C(C)(C)CC)c2c1F. The summed E-state index contributed by atoms with van der Waals surface area (Å²) in [4.78, 5) is 18.1. The number of fused-ring (bicyclic) bond motifs is 3. The Balaban J connectivity index is 1.73. The van der Waals surface area contributed by atoms with Gasteiger partial charge in [-0.3, -0.25) is 0 Å². The van der Waals surface area contributed by atoms with Gasteiger partial charge in [-0.1, -0.05) is 141 Å². The third-order valence-electron chi connectivity index (χ3n) is 12.5. The monoisotopic (exact) mass is 884 g/mol. The van der Waals surface area contributed by atoms with Crippen LogP contribution >= 0.6 is 45.3 Å². The minimum atomic E-state index is -0.547. The van der Waals surface area contributed by atoms with Crippen LogP contribution in [0.15, 0.2) is 12.1 Å². The van der Waals surface area contributed by atoms with Crippen molar-refractivity contribution in [3.63, 3.8) is 0 Å². The number of esters is 1. The Labute approximate surface area is 371 Å². The molecule has 0 aliphatic rings. The normalized spacial score (nSPS) is 14.1. The number of thiophene rings is 4. The summed E-state index contributed by atoms with van der Waals surface area (Å²) < 4.78 is 39.9. The lowest BCUT2D eigenvalue weighted by Crippen LogP contribution is -2.15. The van der Waals surface area contributed by atoms with Crippen LogP contribution in [0, 0.1) is 23.6 Å². The first-order valence-corrected chi connectivity index (χ1v) is 26.2. The second kappa shape index (κ2) is 21.3. The summed E-state index contributed by atoms with van der Waals surface area (Å²) in [6.07, 6.45) is 14.2. The van der Waals surface area contributed by atoms with Gasteiger partial charge < -0.3 is 14.2 Å². The predicted molar refractivity (Wildman–Crippen MR) is 259 cm³/mol. The molecule has 4 heterocycles. The molecule has 328 valence electrons. The van der Waals surface area contributed by atoms with Crippen molar-refractivity contribution < 1.29 is 23.4 Å². The smallest absolute Gasteiger partial charge is 0.351 e. The van der Waals surface area contributed by atoms with E-state index < -0.39 is 11.8 Å². The van der Waals surface area contributed by atoms with Crippen LogP contribution < -0.4 is 9.47 Å². The maximum absolute atomic E-state index is 16.8. The zero-order valence-electron chi connectivity index (χ0n) is 38.3.